The second-order valence-corrected chi connectivity index (χ2v) is 5.22. The third-order valence-corrected chi connectivity index (χ3v) is 3.28. The van der Waals surface area contributed by atoms with Gasteiger partial charge in [-0.3, -0.25) is 0 Å². The maximum absolute atomic E-state index is 5.57. The molecule has 1 aliphatic rings. The van der Waals surface area contributed by atoms with Crippen LogP contribution in [-0.2, 0) is 28.4 Å². The Morgan fingerprint density at radius 1 is 0.783 bits per heavy atom. The minimum atomic E-state index is -0.0389. The molecule has 1 rings (SSSR count). The number of likely N-dealkylation sites (N-methyl/N-ethyl adjacent to an activating group) is 1. The molecule has 7 nitrogen and oxygen atoms in total. The second kappa shape index (κ2) is 16.6. The Balaban J connectivity index is 1.67. The fraction of sp³-hybridized carbons (Fsp3) is 1.00. The van der Waals surface area contributed by atoms with Crippen molar-refractivity contribution in [1.29, 1.82) is 0 Å². The van der Waals surface area contributed by atoms with Crippen LogP contribution in [0.3, 0.4) is 0 Å². The summed E-state index contributed by atoms with van der Waals surface area (Å²) < 4.78 is 32.6. The summed E-state index contributed by atoms with van der Waals surface area (Å²) in [6.07, 6.45) is 3.27. The van der Waals surface area contributed by atoms with E-state index >= 15 is 0 Å². The van der Waals surface area contributed by atoms with Gasteiger partial charge in [0, 0.05) is 13.2 Å². The average Bonchev–Trinajstić information content (AvgIpc) is 2.59. The minimum Gasteiger partial charge on any atom is -0.378 e. The van der Waals surface area contributed by atoms with E-state index in [1.807, 2.05) is 7.05 Å². The molecule has 0 radical (unpaired) electrons. The molecule has 1 fully saturated rings. The number of ether oxygens (including phenoxy) is 6. The smallest absolute Gasteiger partial charge is 0.157 e. The Morgan fingerprint density at radius 2 is 1.35 bits per heavy atom. The molecule has 7 heteroatoms. The van der Waals surface area contributed by atoms with Gasteiger partial charge in [-0.1, -0.05) is 0 Å². The van der Waals surface area contributed by atoms with Gasteiger partial charge in [0.2, 0.25) is 0 Å². The van der Waals surface area contributed by atoms with Crippen molar-refractivity contribution in [2.45, 2.75) is 25.6 Å². The van der Waals surface area contributed by atoms with Crippen LogP contribution in [0, 0.1) is 0 Å². The molecule has 0 bridgehead atoms. The zero-order valence-corrected chi connectivity index (χ0v) is 14.4. The van der Waals surface area contributed by atoms with Crippen LogP contribution in [0.5, 0.6) is 0 Å². The lowest BCUT2D eigenvalue weighted by Crippen LogP contribution is -2.24. The van der Waals surface area contributed by atoms with Crippen LogP contribution in [0.25, 0.3) is 0 Å². The van der Waals surface area contributed by atoms with E-state index in [9.17, 15) is 0 Å². The van der Waals surface area contributed by atoms with Gasteiger partial charge in [-0.25, -0.2) is 0 Å². The molecule has 1 atom stereocenters. The molecule has 1 unspecified atom stereocenters. The zero-order chi connectivity index (χ0) is 16.4. The average molecular weight is 335 g/mol. The van der Waals surface area contributed by atoms with Gasteiger partial charge in [0.15, 0.2) is 6.29 Å². The van der Waals surface area contributed by atoms with Crippen LogP contribution in [0.1, 0.15) is 19.3 Å². The lowest BCUT2D eigenvalue weighted by atomic mass is 10.2. The molecule has 1 N–H and O–H groups in total. The first-order chi connectivity index (χ1) is 11.4. The van der Waals surface area contributed by atoms with Gasteiger partial charge in [0.1, 0.15) is 0 Å². The van der Waals surface area contributed by atoms with E-state index in [-0.39, 0.29) is 6.29 Å². The van der Waals surface area contributed by atoms with E-state index in [2.05, 4.69) is 5.32 Å². The predicted octanol–water partition coefficient (Wildman–Crippen LogP) is 0.815. The molecule has 138 valence electrons. The summed E-state index contributed by atoms with van der Waals surface area (Å²) in [5.74, 6) is 0. The molecule has 23 heavy (non-hydrogen) atoms. The summed E-state index contributed by atoms with van der Waals surface area (Å²) in [6.45, 7) is 7.05. The van der Waals surface area contributed by atoms with E-state index in [0.29, 0.717) is 59.5 Å². The maximum atomic E-state index is 5.57. The van der Waals surface area contributed by atoms with Gasteiger partial charge < -0.3 is 33.7 Å². The lowest BCUT2D eigenvalue weighted by Gasteiger charge is -2.22. The van der Waals surface area contributed by atoms with Crippen molar-refractivity contribution >= 4 is 0 Å². The molecule has 0 aromatic rings. The number of rotatable bonds is 16. The molecule has 0 saturated carbocycles. The Bertz CT molecular complexity index is 239. The van der Waals surface area contributed by atoms with Crippen LogP contribution in [0.15, 0.2) is 0 Å². The summed E-state index contributed by atoms with van der Waals surface area (Å²) in [5, 5.41) is 3.02. The predicted molar refractivity (Wildman–Crippen MR) is 86.7 cm³/mol. The summed E-state index contributed by atoms with van der Waals surface area (Å²) in [6, 6.07) is 0. The molecule has 1 aliphatic heterocycles. The minimum absolute atomic E-state index is 0.0389. The van der Waals surface area contributed by atoms with Crippen molar-refractivity contribution in [3.05, 3.63) is 0 Å². The van der Waals surface area contributed by atoms with Crippen LogP contribution in [0.2, 0.25) is 0 Å². The van der Waals surface area contributed by atoms with Crippen LogP contribution < -0.4 is 5.32 Å². The zero-order valence-electron chi connectivity index (χ0n) is 14.4. The topological polar surface area (TPSA) is 67.4 Å². The third kappa shape index (κ3) is 13.8. The van der Waals surface area contributed by atoms with E-state index in [1.165, 1.54) is 6.42 Å². The summed E-state index contributed by atoms with van der Waals surface area (Å²) in [7, 11) is 1.90. The Morgan fingerprint density at radius 3 is 1.87 bits per heavy atom. The van der Waals surface area contributed by atoms with Crippen LogP contribution in [-0.4, -0.2) is 86.0 Å². The van der Waals surface area contributed by atoms with Gasteiger partial charge in [-0.05, 0) is 26.3 Å². The Labute approximate surface area is 139 Å². The van der Waals surface area contributed by atoms with Crippen molar-refractivity contribution in [1.82, 2.24) is 5.32 Å². The van der Waals surface area contributed by atoms with E-state index < -0.39 is 0 Å². The maximum Gasteiger partial charge on any atom is 0.157 e. The molecule has 1 saturated heterocycles. The highest BCUT2D eigenvalue weighted by Gasteiger charge is 2.13. The molecule has 1 heterocycles. The van der Waals surface area contributed by atoms with Gasteiger partial charge in [0.05, 0.1) is 59.5 Å². The fourth-order valence-corrected chi connectivity index (χ4v) is 2.02. The third-order valence-electron chi connectivity index (χ3n) is 3.28. The largest absolute Gasteiger partial charge is 0.378 e. The Kier molecular flexibility index (Phi) is 15.0. The van der Waals surface area contributed by atoms with Crippen LogP contribution >= 0.6 is 0 Å². The van der Waals surface area contributed by atoms with Crippen molar-refractivity contribution in [3.8, 4) is 0 Å². The van der Waals surface area contributed by atoms with Crippen molar-refractivity contribution in [2.24, 2.45) is 0 Å². The summed E-state index contributed by atoms with van der Waals surface area (Å²) >= 11 is 0. The van der Waals surface area contributed by atoms with Crippen molar-refractivity contribution in [2.75, 3.05) is 79.7 Å². The fourth-order valence-electron chi connectivity index (χ4n) is 2.02. The first kappa shape index (κ1) is 20.8. The molecular weight excluding hydrogens is 302 g/mol. The quantitative estimate of drug-likeness (QED) is 0.419. The van der Waals surface area contributed by atoms with Gasteiger partial charge in [-0.2, -0.15) is 0 Å². The van der Waals surface area contributed by atoms with E-state index in [1.54, 1.807) is 0 Å². The molecule has 0 aromatic heterocycles. The van der Waals surface area contributed by atoms with Gasteiger partial charge in [0.25, 0.3) is 0 Å². The van der Waals surface area contributed by atoms with Crippen molar-refractivity contribution in [3.63, 3.8) is 0 Å². The van der Waals surface area contributed by atoms with Gasteiger partial charge in [-0.15, -0.1) is 0 Å². The van der Waals surface area contributed by atoms with Gasteiger partial charge >= 0.3 is 0 Å². The second-order valence-electron chi connectivity index (χ2n) is 5.22. The standard InChI is InChI=1S/C16H33NO6/c1-17-5-7-18-8-9-19-10-11-20-12-13-21-14-15-23-16-4-2-3-6-22-16/h16-17H,2-15H2,1H3. The van der Waals surface area contributed by atoms with Crippen LogP contribution in [0.4, 0.5) is 0 Å². The molecule has 0 spiro atoms. The highest BCUT2D eigenvalue weighted by molar-refractivity contribution is 4.53. The number of nitrogens with one attached hydrogen (secondary N) is 1. The monoisotopic (exact) mass is 335 g/mol. The first-order valence-electron chi connectivity index (χ1n) is 8.62. The van der Waals surface area contributed by atoms with Crippen molar-refractivity contribution < 1.29 is 28.4 Å². The number of hydrogen-bond acceptors (Lipinski definition) is 7. The highest BCUT2D eigenvalue weighted by atomic mass is 16.7. The first-order valence-corrected chi connectivity index (χ1v) is 8.62. The SMILES string of the molecule is CNCCOCCOCCOCCOCCOC1CCCCO1. The normalized spacial score (nSPS) is 18.4. The van der Waals surface area contributed by atoms with E-state index in [4.69, 9.17) is 28.4 Å². The van der Waals surface area contributed by atoms with E-state index in [0.717, 1.165) is 26.0 Å². The molecule has 0 amide bonds. The number of hydrogen-bond donors (Lipinski definition) is 1. The highest BCUT2D eigenvalue weighted by Crippen LogP contribution is 2.13. The summed E-state index contributed by atoms with van der Waals surface area (Å²) in [5.41, 5.74) is 0. The molecular formula is C16H33NO6. The molecule has 0 aromatic carbocycles. The Hall–Kier alpha value is -0.280. The molecule has 0 aliphatic carbocycles. The lowest BCUT2D eigenvalue weighted by molar-refractivity contribution is -0.169. The summed E-state index contributed by atoms with van der Waals surface area (Å²) in [4.78, 5) is 0.